The fourth-order valence-corrected chi connectivity index (χ4v) is 2.78. The van der Waals surface area contributed by atoms with E-state index < -0.39 is 18.1 Å². The molecule has 0 aliphatic carbocycles. The SMILES string of the molecule is O=C1CC(CBr)CN1C(c1ccccc1)C(F)(F)F. The first kappa shape index (κ1) is 14.4. The van der Waals surface area contributed by atoms with E-state index in [-0.39, 0.29) is 24.4 Å². The van der Waals surface area contributed by atoms with Gasteiger partial charge in [0, 0.05) is 18.3 Å². The van der Waals surface area contributed by atoms with E-state index in [1.165, 1.54) is 12.1 Å². The number of halogens is 4. The Balaban J connectivity index is 2.32. The van der Waals surface area contributed by atoms with Gasteiger partial charge in [-0.2, -0.15) is 13.2 Å². The van der Waals surface area contributed by atoms with Gasteiger partial charge in [-0.25, -0.2) is 0 Å². The molecule has 2 atom stereocenters. The average molecular weight is 336 g/mol. The lowest BCUT2D eigenvalue weighted by molar-refractivity contribution is -0.189. The molecule has 0 N–H and O–H groups in total. The largest absolute Gasteiger partial charge is 0.413 e. The molecule has 0 saturated carbocycles. The predicted molar refractivity (Wildman–Crippen MR) is 68.9 cm³/mol. The highest BCUT2D eigenvalue weighted by Gasteiger charge is 2.48. The van der Waals surface area contributed by atoms with Crippen LogP contribution in [0.5, 0.6) is 0 Å². The second kappa shape index (κ2) is 5.53. The van der Waals surface area contributed by atoms with E-state index in [1.54, 1.807) is 18.2 Å². The van der Waals surface area contributed by atoms with Gasteiger partial charge in [-0.15, -0.1) is 0 Å². The third-order valence-corrected chi connectivity index (χ3v) is 4.11. The number of hydrogen-bond acceptors (Lipinski definition) is 1. The van der Waals surface area contributed by atoms with Crippen LogP contribution in [0.2, 0.25) is 0 Å². The molecule has 1 aliphatic rings. The van der Waals surface area contributed by atoms with Crippen molar-refractivity contribution in [1.29, 1.82) is 0 Å². The molecule has 0 bridgehead atoms. The van der Waals surface area contributed by atoms with Crippen molar-refractivity contribution in [3.63, 3.8) is 0 Å². The molecule has 2 rings (SSSR count). The summed E-state index contributed by atoms with van der Waals surface area (Å²) in [5, 5.41) is 0.536. The minimum atomic E-state index is -4.46. The molecule has 19 heavy (non-hydrogen) atoms. The number of carbonyl (C=O) groups is 1. The summed E-state index contributed by atoms with van der Waals surface area (Å²) in [6.45, 7) is 0.142. The first-order valence-electron chi connectivity index (χ1n) is 5.90. The third-order valence-electron chi connectivity index (χ3n) is 3.19. The Kier molecular flexibility index (Phi) is 4.18. The van der Waals surface area contributed by atoms with E-state index in [4.69, 9.17) is 0 Å². The number of amides is 1. The Morgan fingerprint density at radius 2 is 1.95 bits per heavy atom. The second-order valence-corrected chi connectivity index (χ2v) is 5.27. The van der Waals surface area contributed by atoms with Crippen LogP contribution < -0.4 is 0 Å². The number of nitrogens with zero attached hydrogens (tertiary/aromatic N) is 1. The molecular formula is C13H13BrF3NO. The van der Waals surface area contributed by atoms with Crippen molar-refractivity contribution in [2.75, 3.05) is 11.9 Å². The summed E-state index contributed by atoms with van der Waals surface area (Å²) in [6.07, 6.45) is -4.29. The van der Waals surface area contributed by atoms with Gasteiger partial charge in [0.05, 0.1) is 0 Å². The standard InChI is InChI=1S/C13H13BrF3NO/c14-7-9-6-11(19)18(8-9)12(13(15,16)17)10-4-2-1-3-5-10/h1-5,9,12H,6-8H2. The second-order valence-electron chi connectivity index (χ2n) is 4.63. The molecule has 1 aromatic carbocycles. The molecule has 0 aromatic heterocycles. The first-order chi connectivity index (χ1) is 8.93. The van der Waals surface area contributed by atoms with Crippen LogP contribution in [-0.2, 0) is 4.79 Å². The van der Waals surface area contributed by atoms with Crippen molar-refractivity contribution in [3.8, 4) is 0 Å². The van der Waals surface area contributed by atoms with E-state index in [0.717, 1.165) is 4.90 Å². The number of carbonyl (C=O) groups excluding carboxylic acids is 1. The Morgan fingerprint density at radius 1 is 1.32 bits per heavy atom. The highest BCUT2D eigenvalue weighted by molar-refractivity contribution is 9.09. The first-order valence-corrected chi connectivity index (χ1v) is 7.02. The Hall–Kier alpha value is -1.04. The van der Waals surface area contributed by atoms with E-state index in [0.29, 0.717) is 5.33 Å². The van der Waals surface area contributed by atoms with Gasteiger partial charge in [0.2, 0.25) is 5.91 Å². The zero-order valence-corrected chi connectivity index (χ0v) is 11.6. The van der Waals surface area contributed by atoms with Crippen LogP contribution in [0.25, 0.3) is 0 Å². The van der Waals surface area contributed by atoms with Gasteiger partial charge < -0.3 is 4.90 Å². The maximum absolute atomic E-state index is 13.3. The van der Waals surface area contributed by atoms with Gasteiger partial charge in [-0.1, -0.05) is 46.3 Å². The minimum Gasteiger partial charge on any atom is -0.326 e. The summed E-state index contributed by atoms with van der Waals surface area (Å²) in [5.74, 6) is -0.489. The van der Waals surface area contributed by atoms with Crippen LogP contribution in [0.4, 0.5) is 13.2 Å². The van der Waals surface area contributed by atoms with Crippen molar-refractivity contribution < 1.29 is 18.0 Å². The molecule has 2 nitrogen and oxygen atoms in total. The van der Waals surface area contributed by atoms with E-state index in [1.807, 2.05) is 0 Å². The molecule has 2 unspecified atom stereocenters. The molecular weight excluding hydrogens is 323 g/mol. The summed E-state index contributed by atoms with van der Waals surface area (Å²) >= 11 is 3.23. The number of hydrogen-bond donors (Lipinski definition) is 0. The fraction of sp³-hybridized carbons (Fsp3) is 0.462. The van der Waals surface area contributed by atoms with Crippen LogP contribution in [0.15, 0.2) is 30.3 Å². The predicted octanol–water partition coefficient (Wildman–Crippen LogP) is 3.53. The van der Waals surface area contributed by atoms with Gasteiger partial charge in [0.15, 0.2) is 6.04 Å². The topological polar surface area (TPSA) is 20.3 Å². The lowest BCUT2D eigenvalue weighted by atomic mass is 10.1. The zero-order valence-electron chi connectivity index (χ0n) is 10.0. The molecule has 1 aromatic rings. The van der Waals surface area contributed by atoms with E-state index in [2.05, 4.69) is 15.9 Å². The van der Waals surface area contributed by atoms with Crippen LogP contribution in [0.1, 0.15) is 18.0 Å². The van der Waals surface area contributed by atoms with Crippen LogP contribution in [0.3, 0.4) is 0 Å². The summed E-state index contributed by atoms with van der Waals surface area (Å²) < 4.78 is 39.8. The Labute approximate surface area is 117 Å². The van der Waals surface area contributed by atoms with Crippen LogP contribution in [-0.4, -0.2) is 28.9 Å². The van der Waals surface area contributed by atoms with Gasteiger partial charge in [-0.05, 0) is 11.5 Å². The fourth-order valence-electron chi connectivity index (χ4n) is 2.34. The Bertz CT molecular complexity index is 449. The maximum atomic E-state index is 13.3. The number of likely N-dealkylation sites (tertiary alicyclic amines) is 1. The lowest BCUT2D eigenvalue weighted by Gasteiger charge is -2.30. The molecule has 0 spiro atoms. The van der Waals surface area contributed by atoms with Gasteiger partial charge >= 0.3 is 6.18 Å². The Morgan fingerprint density at radius 3 is 2.42 bits per heavy atom. The highest BCUT2D eigenvalue weighted by atomic mass is 79.9. The van der Waals surface area contributed by atoms with Crippen molar-refractivity contribution in [1.82, 2.24) is 4.90 Å². The number of benzene rings is 1. The highest BCUT2D eigenvalue weighted by Crippen LogP contribution is 2.40. The van der Waals surface area contributed by atoms with Crippen LogP contribution >= 0.6 is 15.9 Å². The van der Waals surface area contributed by atoms with Crippen molar-refractivity contribution in [3.05, 3.63) is 35.9 Å². The molecule has 6 heteroatoms. The monoisotopic (exact) mass is 335 g/mol. The normalized spacial score (nSPS) is 21.8. The molecule has 1 saturated heterocycles. The molecule has 104 valence electrons. The molecule has 1 fully saturated rings. The zero-order chi connectivity index (χ0) is 14.0. The van der Waals surface area contributed by atoms with Crippen molar-refractivity contribution >= 4 is 21.8 Å². The minimum absolute atomic E-state index is 0.0546. The average Bonchev–Trinajstić information content (AvgIpc) is 2.71. The van der Waals surface area contributed by atoms with Gasteiger partial charge in [0.1, 0.15) is 0 Å². The third kappa shape index (κ3) is 3.11. The summed E-state index contributed by atoms with van der Waals surface area (Å²) in [4.78, 5) is 12.8. The number of rotatable bonds is 3. The molecule has 1 amide bonds. The van der Waals surface area contributed by atoms with Crippen molar-refractivity contribution in [2.24, 2.45) is 5.92 Å². The molecule has 1 heterocycles. The van der Waals surface area contributed by atoms with Gasteiger partial charge in [0.25, 0.3) is 0 Å². The quantitative estimate of drug-likeness (QED) is 0.774. The summed E-state index contributed by atoms with van der Waals surface area (Å²) in [5.41, 5.74) is 0.110. The molecule has 0 radical (unpaired) electrons. The summed E-state index contributed by atoms with van der Waals surface area (Å²) in [7, 11) is 0. The molecule has 1 aliphatic heterocycles. The van der Waals surface area contributed by atoms with E-state index in [9.17, 15) is 18.0 Å². The van der Waals surface area contributed by atoms with Crippen molar-refractivity contribution in [2.45, 2.75) is 18.6 Å². The number of alkyl halides is 4. The van der Waals surface area contributed by atoms with Gasteiger partial charge in [-0.3, -0.25) is 4.79 Å². The maximum Gasteiger partial charge on any atom is 0.413 e. The lowest BCUT2D eigenvalue weighted by Crippen LogP contribution is -2.39. The summed E-state index contributed by atoms with van der Waals surface area (Å²) in [6, 6.07) is 5.74. The van der Waals surface area contributed by atoms with Crippen LogP contribution in [0, 0.1) is 5.92 Å². The van der Waals surface area contributed by atoms with E-state index >= 15 is 0 Å². The smallest absolute Gasteiger partial charge is 0.326 e.